The summed E-state index contributed by atoms with van der Waals surface area (Å²) in [6.07, 6.45) is 5.72. The highest BCUT2D eigenvalue weighted by Gasteiger charge is 2.54. The van der Waals surface area contributed by atoms with E-state index in [1.165, 1.54) is 0 Å². The molecule has 6 heteroatoms. The number of hydrogen-bond donors (Lipinski definition) is 0. The zero-order valence-corrected chi connectivity index (χ0v) is 12.5. The molecule has 1 saturated heterocycles. The Morgan fingerprint density at radius 2 is 2.11 bits per heavy atom. The largest absolute Gasteiger partial charge is 0.337 e. The third-order valence-corrected chi connectivity index (χ3v) is 6.14. The van der Waals surface area contributed by atoms with Crippen molar-refractivity contribution in [1.82, 2.24) is 13.9 Å². The average Bonchev–Trinajstić information content (AvgIpc) is 2.99. The van der Waals surface area contributed by atoms with Gasteiger partial charge >= 0.3 is 0 Å². The summed E-state index contributed by atoms with van der Waals surface area (Å²) in [7, 11) is -1.22. The van der Waals surface area contributed by atoms with E-state index in [2.05, 4.69) is 18.8 Å². The molecule has 5 nitrogen and oxygen atoms in total. The lowest BCUT2D eigenvalue weighted by Gasteiger charge is -2.52. The minimum atomic E-state index is -3.14. The second-order valence-corrected chi connectivity index (χ2v) is 8.52. The van der Waals surface area contributed by atoms with Crippen molar-refractivity contribution in [3.8, 4) is 0 Å². The van der Waals surface area contributed by atoms with Crippen LogP contribution in [-0.2, 0) is 17.1 Å². The first kappa shape index (κ1) is 13.1. The number of aromatic nitrogens is 2. The molecule has 0 aromatic carbocycles. The van der Waals surface area contributed by atoms with E-state index < -0.39 is 10.0 Å². The van der Waals surface area contributed by atoms with Crippen molar-refractivity contribution in [3.05, 3.63) is 18.2 Å². The number of rotatable bonds is 4. The summed E-state index contributed by atoms with van der Waals surface area (Å²) in [4.78, 5) is 4.35. The van der Waals surface area contributed by atoms with Crippen molar-refractivity contribution in [1.29, 1.82) is 0 Å². The Hall–Kier alpha value is -0.880. The van der Waals surface area contributed by atoms with E-state index in [9.17, 15) is 8.42 Å². The highest BCUT2D eigenvalue weighted by Crippen LogP contribution is 2.50. The Bertz CT molecular complexity index is 587. The van der Waals surface area contributed by atoms with Gasteiger partial charge in [0.05, 0.1) is 11.8 Å². The van der Waals surface area contributed by atoms with Crippen LogP contribution in [0.1, 0.15) is 38.6 Å². The Morgan fingerprint density at radius 3 is 2.58 bits per heavy atom. The van der Waals surface area contributed by atoms with Gasteiger partial charge in [0, 0.05) is 31.4 Å². The maximum atomic E-state index is 12.5. The summed E-state index contributed by atoms with van der Waals surface area (Å²) >= 11 is 0. The monoisotopic (exact) mass is 283 g/mol. The van der Waals surface area contributed by atoms with Gasteiger partial charge in [-0.15, -0.1) is 0 Å². The molecule has 1 aliphatic heterocycles. The van der Waals surface area contributed by atoms with E-state index in [0.29, 0.717) is 18.2 Å². The summed E-state index contributed by atoms with van der Waals surface area (Å²) in [6.45, 7) is 4.81. The number of aryl methyl sites for hydroxylation is 1. The number of hydrogen-bond acceptors (Lipinski definition) is 3. The Morgan fingerprint density at radius 1 is 1.42 bits per heavy atom. The molecule has 1 aromatic heterocycles. The molecule has 1 saturated carbocycles. The van der Waals surface area contributed by atoms with Crippen LogP contribution in [0.4, 0.5) is 0 Å². The summed E-state index contributed by atoms with van der Waals surface area (Å²) in [5.41, 5.74) is -0.0459. The minimum absolute atomic E-state index is 0.0459. The lowest BCUT2D eigenvalue weighted by Crippen LogP contribution is -2.59. The maximum absolute atomic E-state index is 12.5. The van der Waals surface area contributed by atoms with Gasteiger partial charge in [-0.2, -0.15) is 4.31 Å². The van der Waals surface area contributed by atoms with Crippen LogP contribution in [0.2, 0.25) is 0 Å². The molecule has 2 fully saturated rings. The first-order chi connectivity index (χ1) is 8.81. The molecule has 0 N–H and O–H groups in total. The summed E-state index contributed by atoms with van der Waals surface area (Å²) in [5, 5.41) is 0. The van der Waals surface area contributed by atoms with E-state index in [-0.39, 0.29) is 11.5 Å². The fourth-order valence-electron chi connectivity index (χ4n) is 2.91. The highest BCUT2D eigenvalue weighted by molar-refractivity contribution is 7.89. The fourth-order valence-corrected chi connectivity index (χ4v) is 5.26. The molecule has 3 rings (SSSR count). The fraction of sp³-hybridized carbons (Fsp3) is 0.769. The van der Waals surface area contributed by atoms with Gasteiger partial charge in [-0.3, -0.25) is 0 Å². The van der Waals surface area contributed by atoms with Gasteiger partial charge in [-0.1, -0.05) is 13.8 Å². The zero-order valence-electron chi connectivity index (χ0n) is 11.7. The zero-order chi connectivity index (χ0) is 13.8. The van der Waals surface area contributed by atoms with Gasteiger partial charge in [0.25, 0.3) is 0 Å². The second kappa shape index (κ2) is 4.06. The predicted octanol–water partition coefficient (Wildman–Crippen LogP) is 1.54. The molecular weight excluding hydrogens is 262 g/mol. The van der Waals surface area contributed by atoms with Crippen LogP contribution >= 0.6 is 0 Å². The first-order valence-corrected chi connectivity index (χ1v) is 8.39. The molecule has 19 heavy (non-hydrogen) atoms. The number of sulfonamides is 1. The SMILES string of the molecule is Cn1ccnc1C1N(S(=O)(=O)CC2CC2)CC1(C)C. The third-order valence-electron chi connectivity index (χ3n) is 4.20. The number of nitrogens with zero attached hydrogens (tertiary/aromatic N) is 3. The standard InChI is InChI=1S/C13H21N3O2S/c1-13(2)9-16(19(17,18)8-10-4-5-10)11(13)12-14-6-7-15(12)3/h6-7,10-11H,4-5,8-9H2,1-3H3. The molecule has 0 bridgehead atoms. The maximum Gasteiger partial charge on any atom is 0.215 e. The normalized spacial score (nSPS) is 27.2. The Balaban J connectivity index is 1.89. The van der Waals surface area contributed by atoms with Gasteiger partial charge in [-0.05, 0) is 18.8 Å². The lowest BCUT2D eigenvalue weighted by atomic mass is 9.76. The van der Waals surface area contributed by atoms with E-state index in [0.717, 1.165) is 18.7 Å². The van der Waals surface area contributed by atoms with Gasteiger partial charge in [0.1, 0.15) is 5.82 Å². The van der Waals surface area contributed by atoms with Crippen LogP contribution in [0.25, 0.3) is 0 Å². The predicted molar refractivity (Wildman–Crippen MR) is 72.9 cm³/mol. The van der Waals surface area contributed by atoms with Gasteiger partial charge < -0.3 is 4.57 Å². The second-order valence-electron chi connectivity index (χ2n) is 6.55. The Kier molecular flexibility index (Phi) is 2.80. The third kappa shape index (κ3) is 2.21. The molecule has 1 unspecified atom stereocenters. The van der Waals surface area contributed by atoms with Crippen LogP contribution in [0.5, 0.6) is 0 Å². The highest BCUT2D eigenvalue weighted by atomic mass is 32.2. The van der Waals surface area contributed by atoms with E-state index in [1.807, 2.05) is 17.8 Å². The molecule has 1 aromatic rings. The molecule has 0 spiro atoms. The molecule has 0 radical (unpaired) electrons. The average molecular weight is 283 g/mol. The minimum Gasteiger partial charge on any atom is -0.337 e. The topological polar surface area (TPSA) is 55.2 Å². The first-order valence-electron chi connectivity index (χ1n) is 6.78. The quantitative estimate of drug-likeness (QED) is 0.842. The van der Waals surface area contributed by atoms with Crippen molar-refractivity contribution >= 4 is 10.0 Å². The van der Waals surface area contributed by atoms with Crippen LogP contribution < -0.4 is 0 Å². The van der Waals surface area contributed by atoms with Crippen molar-refractivity contribution in [2.75, 3.05) is 12.3 Å². The van der Waals surface area contributed by atoms with Gasteiger partial charge in [-0.25, -0.2) is 13.4 Å². The van der Waals surface area contributed by atoms with Crippen molar-refractivity contribution in [2.24, 2.45) is 18.4 Å². The Labute approximate surface area is 114 Å². The number of imidazole rings is 1. The van der Waals surface area contributed by atoms with Crippen LogP contribution in [0.15, 0.2) is 12.4 Å². The summed E-state index contributed by atoms with van der Waals surface area (Å²) in [6, 6.07) is -0.128. The summed E-state index contributed by atoms with van der Waals surface area (Å²) in [5.74, 6) is 1.54. The van der Waals surface area contributed by atoms with E-state index >= 15 is 0 Å². The molecule has 2 heterocycles. The molecule has 0 amide bonds. The molecule has 106 valence electrons. The summed E-state index contributed by atoms with van der Waals surface area (Å²) < 4.78 is 28.5. The van der Waals surface area contributed by atoms with Crippen LogP contribution in [0, 0.1) is 11.3 Å². The smallest absolute Gasteiger partial charge is 0.215 e. The molecule has 2 aliphatic rings. The molecular formula is C13H21N3O2S. The van der Waals surface area contributed by atoms with Crippen molar-refractivity contribution in [2.45, 2.75) is 32.7 Å². The molecule has 1 aliphatic carbocycles. The van der Waals surface area contributed by atoms with Crippen LogP contribution in [-0.4, -0.2) is 34.6 Å². The van der Waals surface area contributed by atoms with Crippen molar-refractivity contribution < 1.29 is 8.42 Å². The molecule has 1 atom stereocenters. The lowest BCUT2D eigenvalue weighted by molar-refractivity contribution is 0.0120. The van der Waals surface area contributed by atoms with E-state index in [1.54, 1.807) is 10.5 Å². The van der Waals surface area contributed by atoms with Gasteiger partial charge in [0.15, 0.2) is 0 Å². The van der Waals surface area contributed by atoms with Crippen LogP contribution in [0.3, 0.4) is 0 Å². The van der Waals surface area contributed by atoms with Crippen molar-refractivity contribution in [3.63, 3.8) is 0 Å². The van der Waals surface area contributed by atoms with Gasteiger partial charge in [0.2, 0.25) is 10.0 Å². The van der Waals surface area contributed by atoms with E-state index in [4.69, 9.17) is 0 Å².